The Balaban J connectivity index is 2.75. The van der Waals surface area contributed by atoms with Crippen LogP contribution in [-0.4, -0.2) is 23.4 Å². The van der Waals surface area contributed by atoms with E-state index >= 15 is 0 Å². The van der Waals surface area contributed by atoms with E-state index in [9.17, 15) is 14.9 Å². The Bertz CT molecular complexity index is 486. The predicted octanol–water partition coefficient (Wildman–Crippen LogP) is 1.62. The highest BCUT2D eigenvalue weighted by Gasteiger charge is 2.15. The number of nitro benzene ring substituents is 1. The van der Waals surface area contributed by atoms with E-state index in [1.165, 1.54) is 18.2 Å². The van der Waals surface area contributed by atoms with Crippen molar-refractivity contribution in [2.45, 2.75) is 26.8 Å². The summed E-state index contributed by atoms with van der Waals surface area (Å²) in [6, 6.07) is 4.06. The molecule has 0 aliphatic carbocycles. The number of nitro groups is 1. The summed E-state index contributed by atoms with van der Waals surface area (Å²) >= 11 is 0. The average molecular weight is 265 g/mol. The molecule has 0 aliphatic rings. The van der Waals surface area contributed by atoms with E-state index in [4.69, 9.17) is 5.73 Å². The molecule has 0 spiro atoms. The Hall–Kier alpha value is -1.95. The summed E-state index contributed by atoms with van der Waals surface area (Å²) in [7, 11) is 0. The van der Waals surface area contributed by atoms with E-state index in [0.717, 1.165) is 0 Å². The standard InChI is InChI=1S/C13H19N3O3/c1-8(2)12(14)7-15-13(17)11-5-4-10(16(18)19)6-9(11)3/h4-6,8,12H,7,14H2,1-3H3,(H,15,17). The minimum absolute atomic E-state index is 0.0204. The summed E-state index contributed by atoms with van der Waals surface area (Å²) in [5.41, 5.74) is 6.83. The molecule has 6 nitrogen and oxygen atoms in total. The molecule has 0 aromatic heterocycles. The molecule has 1 unspecified atom stereocenters. The second-order valence-corrected chi connectivity index (χ2v) is 4.87. The first kappa shape index (κ1) is 15.1. The molecule has 3 N–H and O–H groups in total. The van der Waals surface area contributed by atoms with E-state index in [1.807, 2.05) is 13.8 Å². The summed E-state index contributed by atoms with van der Waals surface area (Å²) in [5, 5.41) is 13.3. The Morgan fingerprint density at radius 2 is 2.11 bits per heavy atom. The van der Waals surface area contributed by atoms with Crippen LogP contribution in [0.1, 0.15) is 29.8 Å². The lowest BCUT2D eigenvalue weighted by molar-refractivity contribution is -0.384. The molecule has 0 bridgehead atoms. The van der Waals surface area contributed by atoms with Crippen molar-refractivity contribution in [2.24, 2.45) is 11.7 Å². The van der Waals surface area contributed by atoms with Crippen LogP contribution in [0.3, 0.4) is 0 Å². The number of nitrogens with zero attached hydrogens (tertiary/aromatic N) is 1. The van der Waals surface area contributed by atoms with Gasteiger partial charge in [-0.3, -0.25) is 14.9 Å². The molecule has 1 aromatic carbocycles. The molecular weight excluding hydrogens is 246 g/mol. The first-order chi connectivity index (χ1) is 8.82. The lowest BCUT2D eigenvalue weighted by Crippen LogP contribution is -2.40. The van der Waals surface area contributed by atoms with Crippen molar-refractivity contribution in [3.8, 4) is 0 Å². The zero-order valence-corrected chi connectivity index (χ0v) is 11.3. The highest BCUT2D eigenvalue weighted by Crippen LogP contribution is 2.17. The average Bonchev–Trinajstić information content (AvgIpc) is 2.34. The zero-order chi connectivity index (χ0) is 14.6. The normalized spacial score (nSPS) is 12.3. The first-order valence-corrected chi connectivity index (χ1v) is 6.11. The fourth-order valence-corrected chi connectivity index (χ4v) is 1.56. The third kappa shape index (κ3) is 4.03. The molecule has 0 radical (unpaired) electrons. The van der Waals surface area contributed by atoms with E-state index in [1.54, 1.807) is 6.92 Å². The number of carbonyl (C=O) groups excluding carboxylic acids is 1. The highest BCUT2D eigenvalue weighted by atomic mass is 16.6. The highest BCUT2D eigenvalue weighted by molar-refractivity contribution is 5.95. The van der Waals surface area contributed by atoms with E-state index in [0.29, 0.717) is 17.7 Å². The topological polar surface area (TPSA) is 98.3 Å². The number of non-ortho nitro benzene ring substituents is 1. The Morgan fingerprint density at radius 1 is 1.47 bits per heavy atom. The van der Waals surface area contributed by atoms with Crippen molar-refractivity contribution < 1.29 is 9.72 Å². The van der Waals surface area contributed by atoms with Gasteiger partial charge < -0.3 is 11.1 Å². The van der Waals surface area contributed by atoms with Crippen LogP contribution in [0, 0.1) is 23.0 Å². The lowest BCUT2D eigenvalue weighted by atomic mass is 10.0. The van der Waals surface area contributed by atoms with Gasteiger partial charge in [0, 0.05) is 30.3 Å². The number of hydrogen-bond donors (Lipinski definition) is 2. The smallest absolute Gasteiger partial charge is 0.269 e. The predicted molar refractivity (Wildman–Crippen MR) is 73.0 cm³/mol. The van der Waals surface area contributed by atoms with Gasteiger partial charge >= 0.3 is 0 Å². The van der Waals surface area contributed by atoms with Gasteiger partial charge in [0.05, 0.1) is 4.92 Å². The summed E-state index contributed by atoms with van der Waals surface area (Å²) < 4.78 is 0. The zero-order valence-electron chi connectivity index (χ0n) is 11.3. The van der Waals surface area contributed by atoms with E-state index in [-0.39, 0.29) is 23.6 Å². The maximum Gasteiger partial charge on any atom is 0.269 e. The Labute approximate surface area is 112 Å². The third-order valence-electron chi connectivity index (χ3n) is 3.02. The van der Waals surface area contributed by atoms with Crippen molar-refractivity contribution in [3.63, 3.8) is 0 Å². The molecule has 19 heavy (non-hydrogen) atoms. The number of aryl methyl sites for hydroxylation is 1. The van der Waals surface area contributed by atoms with E-state index < -0.39 is 4.92 Å². The molecular formula is C13H19N3O3. The van der Waals surface area contributed by atoms with Crippen LogP contribution in [-0.2, 0) is 0 Å². The molecule has 0 saturated carbocycles. The number of rotatable bonds is 5. The van der Waals surface area contributed by atoms with Crippen LogP contribution in [0.25, 0.3) is 0 Å². The van der Waals surface area contributed by atoms with Gasteiger partial charge in [-0.05, 0) is 24.5 Å². The van der Waals surface area contributed by atoms with Gasteiger partial charge in [0.25, 0.3) is 11.6 Å². The Kier molecular flexibility index (Phi) is 5.00. The monoisotopic (exact) mass is 265 g/mol. The molecule has 1 amide bonds. The second kappa shape index (κ2) is 6.29. The van der Waals surface area contributed by atoms with E-state index in [2.05, 4.69) is 5.32 Å². The third-order valence-corrected chi connectivity index (χ3v) is 3.02. The maximum atomic E-state index is 11.9. The van der Waals surface area contributed by atoms with Crippen LogP contribution in [0.5, 0.6) is 0 Å². The van der Waals surface area contributed by atoms with Gasteiger partial charge in [-0.15, -0.1) is 0 Å². The van der Waals surface area contributed by atoms with Crippen molar-refractivity contribution >= 4 is 11.6 Å². The summed E-state index contributed by atoms with van der Waals surface area (Å²) in [6.45, 7) is 6.01. The number of amides is 1. The molecule has 0 heterocycles. The minimum Gasteiger partial charge on any atom is -0.350 e. The number of hydrogen-bond acceptors (Lipinski definition) is 4. The fourth-order valence-electron chi connectivity index (χ4n) is 1.56. The van der Waals surface area contributed by atoms with Crippen LogP contribution in [0.2, 0.25) is 0 Å². The second-order valence-electron chi connectivity index (χ2n) is 4.87. The van der Waals surface area contributed by atoms with Crippen molar-refractivity contribution in [1.82, 2.24) is 5.32 Å². The van der Waals surface area contributed by atoms with Crippen LogP contribution >= 0.6 is 0 Å². The number of nitrogens with two attached hydrogens (primary N) is 1. The van der Waals surface area contributed by atoms with Gasteiger partial charge in [-0.25, -0.2) is 0 Å². The van der Waals surface area contributed by atoms with Crippen LogP contribution in [0.4, 0.5) is 5.69 Å². The first-order valence-electron chi connectivity index (χ1n) is 6.11. The van der Waals surface area contributed by atoms with Crippen molar-refractivity contribution in [2.75, 3.05) is 6.54 Å². The van der Waals surface area contributed by atoms with Gasteiger partial charge in [0.1, 0.15) is 0 Å². The molecule has 6 heteroatoms. The van der Waals surface area contributed by atoms with Crippen molar-refractivity contribution in [3.05, 3.63) is 39.4 Å². The largest absolute Gasteiger partial charge is 0.350 e. The minimum atomic E-state index is -0.483. The van der Waals surface area contributed by atoms with Gasteiger partial charge in [0.15, 0.2) is 0 Å². The molecule has 1 aromatic rings. The van der Waals surface area contributed by atoms with Gasteiger partial charge in [-0.1, -0.05) is 13.8 Å². The molecule has 0 saturated heterocycles. The number of benzene rings is 1. The molecule has 1 atom stereocenters. The van der Waals surface area contributed by atoms with Gasteiger partial charge in [0.2, 0.25) is 0 Å². The van der Waals surface area contributed by atoms with Gasteiger partial charge in [-0.2, -0.15) is 0 Å². The Morgan fingerprint density at radius 3 is 2.58 bits per heavy atom. The van der Waals surface area contributed by atoms with Crippen LogP contribution < -0.4 is 11.1 Å². The molecule has 0 aliphatic heterocycles. The lowest BCUT2D eigenvalue weighted by Gasteiger charge is -2.16. The molecule has 0 fully saturated rings. The fraction of sp³-hybridized carbons (Fsp3) is 0.462. The molecule has 104 valence electrons. The summed E-state index contributed by atoms with van der Waals surface area (Å²) in [5.74, 6) is 0.0155. The number of carbonyl (C=O) groups is 1. The number of nitrogens with one attached hydrogen (secondary N) is 1. The quantitative estimate of drug-likeness (QED) is 0.624. The summed E-state index contributed by atoms with van der Waals surface area (Å²) in [4.78, 5) is 22.1. The van der Waals surface area contributed by atoms with Crippen LogP contribution in [0.15, 0.2) is 18.2 Å². The van der Waals surface area contributed by atoms with Crippen molar-refractivity contribution in [1.29, 1.82) is 0 Å². The maximum absolute atomic E-state index is 11.9. The summed E-state index contributed by atoms with van der Waals surface area (Å²) in [6.07, 6.45) is 0. The molecule has 1 rings (SSSR count). The SMILES string of the molecule is Cc1cc([N+](=O)[O-])ccc1C(=O)NCC(N)C(C)C.